The number of piperidine rings is 1. The Bertz CT molecular complexity index is 981. The van der Waals surface area contributed by atoms with E-state index in [1.54, 1.807) is 0 Å². The minimum Gasteiger partial charge on any atom is -0.336 e. The summed E-state index contributed by atoms with van der Waals surface area (Å²) in [4.78, 5) is 19.1. The molecule has 28 heavy (non-hydrogen) atoms. The number of carbonyl (C=O) groups is 1. The molecule has 1 N–H and O–H groups in total. The first-order valence-electron chi connectivity index (χ1n) is 10.00. The van der Waals surface area contributed by atoms with E-state index in [-0.39, 0.29) is 12.1 Å². The number of fused-ring (bicyclic) bond motifs is 3. The average Bonchev–Trinajstić information content (AvgIpc) is 3.34. The molecule has 2 aliphatic heterocycles. The minimum atomic E-state index is 0.0340. The number of hydrogen-bond donors (Lipinski definition) is 1. The number of imidazole rings is 1. The van der Waals surface area contributed by atoms with E-state index in [0.29, 0.717) is 12.5 Å². The minimum absolute atomic E-state index is 0.0340. The van der Waals surface area contributed by atoms with Gasteiger partial charge >= 0.3 is 6.03 Å². The lowest BCUT2D eigenvalue weighted by atomic mass is 9.91. The van der Waals surface area contributed by atoms with Crippen LogP contribution in [0.15, 0.2) is 67.1 Å². The molecule has 0 saturated carbocycles. The molecule has 0 aliphatic carbocycles. The van der Waals surface area contributed by atoms with Crippen LogP contribution < -0.4 is 5.32 Å². The van der Waals surface area contributed by atoms with Crippen molar-refractivity contribution in [2.24, 2.45) is 0 Å². The van der Waals surface area contributed by atoms with Crippen LogP contribution in [-0.2, 0) is 0 Å². The molecule has 0 spiro atoms. The molecule has 2 amide bonds. The van der Waals surface area contributed by atoms with Crippen LogP contribution in [0.25, 0.3) is 11.3 Å². The molecular weight excluding hydrogens is 348 g/mol. The number of urea groups is 1. The maximum atomic E-state index is 12.9. The number of amides is 2. The van der Waals surface area contributed by atoms with E-state index in [4.69, 9.17) is 0 Å². The first-order chi connectivity index (χ1) is 13.8. The highest BCUT2D eigenvalue weighted by Crippen LogP contribution is 2.38. The molecule has 2 atom stereocenters. The first kappa shape index (κ1) is 17.0. The highest BCUT2D eigenvalue weighted by atomic mass is 16.2. The summed E-state index contributed by atoms with van der Waals surface area (Å²) in [6, 6.07) is 19.1. The molecular formula is C23H24N4O. The molecule has 1 aromatic heterocycles. The Morgan fingerprint density at radius 2 is 1.93 bits per heavy atom. The van der Waals surface area contributed by atoms with Crippen LogP contribution in [0.2, 0.25) is 0 Å². The van der Waals surface area contributed by atoms with Gasteiger partial charge in [-0.2, -0.15) is 0 Å². The zero-order valence-corrected chi connectivity index (χ0v) is 15.8. The van der Waals surface area contributed by atoms with Gasteiger partial charge in [0.1, 0.15) is 0 Å². The van der Waals surface area contributed by atoms with Gasteiger partial charge in [-0.05, 0) is 24.0 Å². The molecule has 3 aromatic rings. The standard InChI is InChI=1S/C23H24N4O/c28-23(26-12-6-9-18(15-26)17-7-2-1-3-8-17)25-14-22-20-11-5-4-10-19(20)21-13-24-16-27(21)22/h1-5,7-8,10-11,13,16,18,22H,6,9,12,14-15H2,(H,25,28)/t18-,22+/m0/s1. The van der Waals surface area contributed by atoms with Crippen molar-refractivity contribution in [1.29, 1.82) is 0 Å². The van der Waals surface area contributed by atoms with Gasteiger partial charge in [-0.1, -0.05) is 54.6 Å². The van der Waals surface area contributed by atoms with Crippen molar-refractivity contribution >= 4 is 6.03 Å². The highest BCUT2D eigenvalue weighted by Gasteiger charge is 2.30. The van der Waals surface area contributed by atoms with E-state index in [1.165, 1.54) is 16.7 Å². The third-order valence-electron chi connectivity index (χ3n) is 6.02. The first-order valence-corrected chi connectivity index (χ1v) is 10.00. The van der Waals surface area contributed by atoms with Gasteiger partial charge in [0.25, 0.3) is 0 Å². The van der Waals surface area contributed by atoms with Crippen molar-refractivity contribution in [3.05, 3.63) is 78.2 Å². The van der Waals surface area contributed by atoms with Crippen LogP contribution in [0.1, 0.15) is 35.9 Å². The molecule has 1 saturated heterocycles. The number of nitrogens with one attached hydrogen (secondary N) is 1. The quantitative estimate of drug-likeness (QED) is 0.754. The zero-order valence-electron chi connectivity index (χ0n) is 15.8. The molecule has 0 bridgehead atoms. The second-order valence-electron chi connectivity index (χ2n) is 7.67. The Morgan fingerprint density at radius 3 is 2.82 bits per heavy atom. The van der Waals surface area contributed by atoms with Crippen LogP contribution >= 0.6 is 0 Å². The zero-order chi connectivity index (χ0) is 18.9. The number of benzene rings is 2. The van der Waals surface area contributed by atoms with Crippen molar-refractivity contribution in [1.82, 2.24) is 19.8 Å². The maximum absolute atomic E-state index is 12.9. The Kier molecular flexibility index (Phi) is 4.35. The van der Waals surface area contributed by atoms with Crippen LogP contribution in [0.5, 0.6) is 0 Å². The number of rotatable bonds is 3. The lowest BCUT2D eigenvalue weighted by molar-refractivity contribution is 0.178. The van der Waals surface area contributed by atoms with Crippen molar-refractivity contribution in [3.63, 3.8) is 0 Å². The van der Waals surface area contributed by atoms with Crippen molar-refractivity contribution in [2.75, 3.05) is 19.6 Å². The van der Waals surface area contributed by atoms with E-state index in [9.17, 15) is 4.79 Å². The van der Waals surface area contributed by atoms with Gasteiger partial charge < -0.3 is 14.8 Å². The predicted octanol–water partition coefficient (Wildman–Crippen LogP) is 4.04. The van der Waals surface area contributed by atoms with Crippen molar-refractivity contribution in [2.45, 2.75) is 24.8 Å². The summed E-state index contributed by atoms with van der Waals surface area (Å²) in [6.45, 7) is 2.19. The number of nitrogens with zero attached hydrogens (tertiary/aromatic N) is 3. The van der Waals surface area contributed by atoms with Crippen molar-refractivity contribution in [3.8, 4) is 11.3 Å². The van der Waals surface area contributed by atoms with E-state index in [2.05, 4.69) is 63.4 Å². The van der Waals surface area contributed by atoms with Crippen LogP contribution in [-0.4, -0.2) is 40.1 Å². The highest BCUT2D eigenvalue weighted by molar-refractivity contribution is 5.75. The van der Waals surface area contributed by atoms with Crippen LogP contribution in [0, 0.1) is 0 Å². The summed E-state index contributed by atoms with van der Waals surface area (Å²) in [5, 5.41) is 3.18. The average molecular weight is 372 g/mol. The van der Waals surface area contributed by atoms with E-state index >= 15 is 0 Å². The molecule has 5 nitrogen and oxygen atoms in total. The summed E-state index contributed by atoms with van der Waals surface area (Å²) in [6.07, 6.45) is 5.95. The molecule has 5 rings (SSSR count). The smallest absolute Gasteiger partial charge is 0.317 e. The monoisotopic (exact) mass is 372 g/mol. The van der Waals surface area contributed by atoms with Gasteiger partial charge in [0.05, 0.1) is 24.3 Å². The van der Waals surface area contributed by atoms with E-state index in [0.717, 1.165) is 31.6 Å². The number of carbonyl (C=O) groups excluding carboxylic acids is 1. The molecule has 0 radical (unpaired) electrons. The second-order valence-corrected chi connectivity index (χ2v) is 7.67. The molecule has 1 fully saturated rings. The van der Waals surface area contributed by atoms with Crippen LogP contribution in [0.4, 0.5) is 4.79 Å². The molecule has 2 aromatic carbocycles. The predicted molar refractivity (Wildman–Crippen MR) is 109 cm³/mol. The number of likely N-dealkylation sites (tertiary alicyclic amines) is 1. The molecule has 2 aliphatic rings. The topological polar surface area (TPSA) is 50.2 Å². The summed E-state index contributed by atoms with van der Waals surface area (Å²) >= 11 is 0. The Balaban J connectivity index is 1.27. The van der Waals surface area contributed by atoms with Gasteiger partial charge in [0.2, 0.25) is 0 Å². The van der Waals surface area contributed by atoms with Gasteiger partial charge in [-0.25, -0.2) is 9.78 Å². The lowest BCUT2D eigenvalue weighted by Crippen LogP contribution is -2.46. The summed E-state index contributed by atoms with van der Waals surface area (Å²) in [7, 11) is 0. The fourth-order valence-electron chi connectivity index (χ4n) is 4.60. The molecule has 3 heterocycles. The Hall–Kier alpha value is -3.08. The fourth-order valence-corrected chi connectivity index (χ4v) is 4.60. The molecule has 142 valence electrons. The maximum Gasteiger partial charge on any atom is 0.317 e. The lowest BCUT2D eigenvalue weighted by Gasteiger charge is -2.33. The molecule has 5 heteroatoms. The van der Waals surface area contributed by atoms with Gasteiger partial charge in [-0.3, -0.25) is 0 Å². The fraction of sp³-hybridized carbons (Fsp3) is 0.304. The Labute approximate surface area is 165 Å². The molecule has 0 unspecified atom stereocenters. The Morgan fingerprint density at radius 1 is 1.11 bits per heavy atom. The normalized spacial score (nSPS) is 20.5. The van der Waals surface area contributed by atoms with E-state index < -0.39 is 0 Å². The summed E-state index contributed by atoms with van der Waals surface area (Å²) in [5.41, 5.74) is 4.91. The van der Waals surface area contributed by atoms with Gasteiger partial charge in [0.15, 0.2) is 0 Å². The number of aromatic nitrogens is 2. The third-order valence-corrected chi connectivity index (χ3v) is 6.02. The summed E-state index contributed by atoms with van der Waals surface area (Å²) in [5.74, 6) is 0.424. The third kappa shape index (κ3) is 2.97. The van der Waals surface area contributed by atoms with Gasteiger partial charge in [-0.15, -0.1) is 0 Å². The van der Waals surface area contributed by atoms with Crippen molar-refractivity contribution < 1.29 is 4.79 Å². The van der Waals surface area contributed by atoms with Crippen LogP contribution in [0.3, 0.4) is 0 Å². The largest absolute Gasteiger partial charge is 0.336 e. The SMILES string of the molecule is O=C(NC[C@@H]1c2ccccc2-c2cncn21)N1CCC[C@H](c2ccccc2)C1. The van der Waals surface area contributed by atoms with E-state index in [1.807, 2.05) is 23.5 Å². The number of hydrogen-bond acceptors (Lipinski definition) is 2. The van der Waals surface area contributed by atoms with Gasteiger partial charge in [0, 0.05) is 31.1 Å². The second kappa shape index (κ2) is 7.15. The summed E-state index contributed by atoms with van der Waals surface area (Å²) < 4.78 is 2.16.